The fourth-order valence-corrected chi connectivity index (χ4v) is 5.22. The van der Waals surface area contributed by atoms with E-state index in [1.807, 2.05) is 0 Å². The Morgan fingerprint density at radius 2 is 1.97 bits per heavy atom. The van der Waals surface area contributed by atoms with E-state index in [0.717, 1.165) is 16.8 Å². The van der Waals surface area contributed by atoms with Crippen molar-refractivity contribution < 1.29 is 27.1 Å². The highest BCUT2D eigenvalue weighted by atomic mass is 32.3. The molecule has 2 aliphatic rings. The van der Waals surface area contributed by atoms with Gasteiger partial charge in [0.05, 0.1) is 18.4 Å². The second-order valence-electron chi connectivity index (χ2n) is 7.08. The highest BCUT2D eigenvalue weighted by Gasteiger charge is 2.39. The van der Waals surface area contributed by atoms with E-state index in [1.165, 1.54) is 26.2 Å². The number of hydrogen-bond donors (Lipinski definition) is 1. The smallest absolute Gasteiger partial charge is 0.283 e. The minimum atomic E-state index is -3.61. The van der Waals surface area contributed by atoms with E-state index in [4.69, 9.17) is 14.9 Å². The largest absolute Gasteiger partial charge is 0.493 e. The molecule has 0 radical (unpaired) electrons. The second-order valence-corrected chi connectivity index (χ2v) is 10.5. The summed E-state index contributed by atoms with van der Waals surface area (Å²) in [5.41, 5.74) is 0.837. The number of benzene rings is 2. The second kappa shape index (κ2) is 9.39. The number of amidine groups is 2. The summed E-state index contributed by atoms with van der Waals surface area (Å²) in [6, 6.07) is 11.1. The molecule has 2 aliphatic heterocycles. The molecule has 1 amide bonds. The Bertz CT molecular complexity index is 1390. The summed E-state index contributed by atoms with van der Waals surface area (Å²) in [4.78, 5) is 16.5. The number of halogens is 1. The summed E-state index contributed by atoms with van der Waals surface area (Å²) in [5, 5.41) is 13.4. The lowest BCUT2D eigenvalue weighted by Gasteiger charge is -2.20. The molecular formula is C22H19FN4O5S2. The van der Waals surface area contributed by atoms with E-state index < -0.39 is 15.7 Å². The van der Waals surface area contributed by atoms with Gasteiger partial charge in [-0.05, 0) is 41.6 Å². The molecule has 0 saturated carbocycles. The topological polar surface area (TPSA) is 121 Å². The third-order valence-electron chi connectivity index (χ3n) is 4.92. The minimum Gasteiger partial charge on any atom is -0.493 e. The van der Waals surface area contributed by atoms with Crippen LogP contribution >= 0.6 is 11.8 Å². The van der Waals surface area contributed by atoms with Gasteiger partial charge in [-0.1, -0.05) is 31.2 Å². The van der Waals surface area contributed by atoms with Crippen LogP contribution in [0.3, 0.4) is 0 Å². The van der Waals surface area contributed by atoms with E-state index >= 15 is 0 Å². The van der Waals surface area contributed by atoms with E-state index in [9.17, 15) is 17.6 Å². The fourth-order valence-electron chi connectivity index (χ4n) is 3.05. The van der Waals surface area contributed by atoms with Crippen LogP contribution in [0.25, 0.3) is 6.08 Å². The Morgan fingerprint density at radius 1 is 1.21 bits per heavy atom. The number of fused-ring (bicyclic) bond motifs is 1. The van der Waals surface area contributed by atoms with Crippen LogP contribution in [0.4, 0.5) is 4.39 Å². The van der Waals surface area contributed by atoms with Gasteiger partial charge in [-0.25, -0.2) is 12.8 Å². The molecule has 176 valence electrons. The summed E-state index contributed by atoms with van der Waals surface area (Å²) >= 11 is 0.740. The van der Waals surface area contributed by atoms with Crippen LogP contribution in [0, 0.1) is 11.2 Å². The van der Waals surface area contributed by atoms with Crippen LogP contribution in [-0.2, 0) is 21.2 Å². The molecule has 2 aromatic carbocycles. The van der Waals surface area contributed by atoms with Gasteiger partial charge in [-0.2, -0.15) is 10.0 Å². The summed E-state index contributed by atoms with van der Waals surface area (Å²) < 4.78 is 48.9. The first kappa shape index (κ1) is 23.6. The quantitative estimate of drug-likeness (QED) is 0.601. The molecule has 34 heavy (non-hydrogen) atoms. The predicted molar refractivity (Wildman–Crippen MR) is 128 cm³/mol. The molecule has 12 heteroatoms. The van der Waals surface area contributed by atoms with Crippen molar-refractivity contribution in [3.8, 4) is 11.5 Å². The zero-order chi connectivity index (χ0) is 24.5. The van der Waals surface area contributed by atoms with Crippen LogP contribution in [0.15, 0.2) is 58.1 Å². The van der Waals surface area contributed by atoms with Crippen molar-refractivity contribution in [2.75, 3.05) is 12.9 Å². The van der Waals surface area contributed by atoms with Gasteiger partial charge in [0.2, 0.25) is 19.4 Å². The number of amides is 1. The Hall–Kier alpha value is -3.51. The van der Waals surface area contributed by atoms with Gasteiger partial charge >= 0.3 is 0 Å². The van der Waals surface area contributed by atoms with Crippen LogP contribution < -0.4 is 9.47 Å². The number of carbonyl (C=O) groups excluding carboxylic acids is 1. The third-order valence-corrected chi connectivity index (χ3v) is 8.01. The summed E-state index contributed by atoms with van der Waals surface area (Å²) in [6.45, 7) is 1.48. The molecule has 0 atom stereocenters. The van der Waals surface area contributed by atoms with Crippen molar-refractivity contribution in [3.05, 3.63) is 65.0 Å². The molecular weight excluding hydrogens is 483 g/mol. The molecule has 0 aromatic heterocycles. The molecule has 2 aromatic rings. The predicted octanol–water partition coefficient (Wildman–Crippen LogP) is 3.42. The standard InChI is InChI=1S/C22H19FN4O5S2/c1-3-34(29,30)22-26-27-19(24)15(20(28)25-21(27)33-22)10-13-8-9-17(18(11-13)31-2)32-12-14-6-4-5-7-16(14)23/h4-11,24H,3,12H2,1-2H3/b15-10+,24-19?. The fraction of sp³-hybridized carbons (Fsp3) is 0.182. The number of nitrogens with zero attached hydrogens (tertiary/aromatic N) is 3. The number of thioether (sulfide) groups is 1. The number of methoxy groups -OCH3 is 1. The number of rotatable bonds is 6. The lowest BCUT2D eigenvalue weighted by Crippen LogP contribution is -2.35. The van der Waals surface area contributed by atoms with Crippen LogP contribution in [0.5, 0.6) is 11.5 Å². The van der Waals surface area contributed by atoms with Crippen molar-refractivity contribution in [1.82, 2.24) is 5.01 Å². The zero-order valence-corrected chi connectivity index (χ0v) is 19.7. The van der Waals surface area contributed by atoms with Gasteiger partial charge < -0.3 is 9.47 Å². The normalized spacial score (nSPS) is 16.9. The summed E-state index contributed by atoms with van der Waals surface area (Å²) in [5.74, 6) is -0.802. The average molecular weight is 503 g/mol. The number of hydrazone groups is 1. The molecule has 0 spiro atoms. The highest BCUT2D eigenvalue weighted by molar-refractivity contribution is 8.42. The SMILES string of the molecule is CCS(=O)(=O)C1=NN2C(=N)/C(=C\c3ccc(OCc4ccccc4F)c(OC)c3)C(=O)N=C2S1. The van der Waals surface area contributed by atoms with Crippen molar-refractivity contribution in [2.24, 2.45) is 10.1 Å². The molecule has 0 bridgehead atoms. The molecule has 0 saturated heterocycles. The van der Waals surface area contributed by atoms with Crippen LogP contribution in [0.1, 0.15) is 18.1 Å². The molecule has 0 unspecified atom stereocenters. The van der Waals surface area contributed by atoms with Gasteiger partial charge in [0.15, 0.2) is 17.3 Å². The van der Waals surface area contributed by atoms with Crippen molar-refractivity contribution in [1.29, 1.82) is 5.41 Å². The Kier molecular flexibility index (Phi) is 6.53. The monoisotopic (exact) mass is 502 g/mol. The molecule has 1 N–H and O–H groups in total. The summed E-state index contributed by atoms with van der Waals surface area (Å²) in [6.07, 6.45) is 1.43. The molecule has 2 heterocycles. The first-order chi connectivity index (χ1) is 16.2. The number of sulfone groups is 1. The van der Waals surface area contributed by atoms with Crippen molar-refractivity contribution in [3.63, 3.8) is 0 Å². The van der Waals surface area contributed by atoms with Crippen LogP contribution in [0.2, 0.25) is 0 Å². The molecule has 4 rings (SSSR count). The maximum atomic E-state index is 13.8. The maximum absolute atomic E-state index is 13.8. The highest BCUT2D eigenvalue weighted by Crippen LogP contribution is 2.33. The summed E-state index contributed by atoms with van der Waals surface area (Å²) in [7, 11) is -2.16. The van der Waals surface area contributed by atoms with Gasteiger partial charge in [0, 0.05) is 5.56 Å². The Balaban J connectivity index is 1.59. The van der Waals surface area contributed by atoms with E-state index in [-0.39, 0.29) is 39.1 Å². The number of carbonyl (C=O) groups is 1. The third kappa shape index (κ3) is 4.59. The van der Waals surface area contributed by atoms with E-state index in [1.54, 1.807) is 36.4 Å². The molecule has 0 fully saturated rings. The lowest BCUT2D eigenvalue weighted by atomic mass is 10.1. The zero-order valence-electron chi connectivity index (χ0n) is 18.1. The average Bonchev–Trinajstić information content (AvgIpc) is 3.26. The number of hydrogen-bond acceptors (Lipinski definition) is 8. The molecule has 9 nitrogen and oxygen atoms in total. The number of nitrogens with one attached hydrogen (secondary N) is 1. The van der Waals surface area contributed by atoms with Gasteiger partial charge in [-0.15, -0.1) is 5.10 Å². The van der Waals surface area contributed by atoms with Crippen molar-refractivity contribution >= 4 is 49.0 Å². The van der Waals surface area contributed by atoms with E-state index in [2.05, 4.69) is 10.1 Å². The lowest BCUT2D eigenvalue weighted by molar-refractivity contribution is -0.114. The van der Waals surface area contributed by atoms with Crippen LogP contribution in [-0.4, -0.2) is 47.6 Å². The Morgan fingerprint density at radius 3 is 2.68 bits per heavy atom. The first-order valence-electron chi connectivity index (χ1n) is 10.0. The van der Waals surface area contributed by atoms with Gasteiger partial charge in [0.25, 0.3) is 5.91 Å². The maximum Gasteiger partial charge on any atom is 0.283 e. The van der Waals surface area contributed by atoms with Crippen molar-refractivity contribution in [2.45, 2.75) is 13.5 Å². The Labute approximate surface area is 199 Å². The first-order valence-corrected chi connectivity index (χ1v) is 12.5. The number of ether oxygens (including phenoxy) is 2. The van der Waals surface area contributed by atoms with Gasteiger partial charge in [0.1, 0.15) is 12.4 Å². The number of aliphatic imine (C=N–C) groups is 1. The minimum absolute atomic E-state index is 0.00226. The van der Waals surface area contributed by atoms with E-state index in [0.29, 0.717) is 22.6 Å². The van der Waals surface area contributed by atoms with Gasteiger partial charge in [-0.3, -0.25) is 10.2 Å². The molecule has 0 aliphatic carbocycles.